The van der Waals surface area contributed by atoms with Crippen LogP contribution in [0.1, 0.15) is 62.0 Å². The fraction of sp³-hybridized carbons (Fsp3) is 0.615. The van der Waals surface area contributed by atoms with Crippen LogP contribution in [-0.4, -0.2) is 36.2 Å². The van der Waals surface area contributed by atoms with Crippen molar-refractivity contribution >= 4 is 5.97 Å². The van der Waals surface area contributed by atoms with Gasteiger partial charge in [-0.2, -0.15) is 4.98 Å². The highest BCUT2D eigenvalue weighted by molar-refractivity contribution is 5.86. The van der Waals surface area contributed by atoms with Gasteiger partial charge in [-0.3, -0.25) is 0 Å². The Morgan fingerprint density at radius 1 is 1.38 bits per heavy atom. The molecule has 0 saturated heterocycles. The average Bonchev–Trinajstić information content (AvgIpc) is 2.96. The largest absolute Gasteiger partial charge is 0.476 e. The molecule has 0 atom stereocenters. The number of nitrogens with zero attached hydrogens (tertiary/aromatic N) is 5. The van der Waals surface area contributed by atoms with Gasteiger partial charge in [0.15, 0.2) is 11.5 Å². The number of carboxylic acids is 1. The van der Waals surface area contributed by atoms with Gasteiger partial charge in [0.05, 0.1) is 5.69 Å². The quantitative estimate of drug-likeness (QED) is 0.893. The topological polar surface area (TPSA) is 107 Å². The third-order valence-corrected chi connectivity index (χ3v) is 2.92. The van der Waals surface area contributed by atoms with E-state index in [0.29, 0.717) is 17.4 Å². The Kier molecular flexibility index (Phi) is 4.06. The van der Waals surface area contributed by atoms with Gasteiger partial charge in [0.2, 0.25) is 5.89 Å². The van der Waals surface area contributed by atoms with Crippen LogP contribution in [0.3, 0.4) is 0 Å². The number of rotatable bonds is 5. The number of aromatic carboxylic acids is 1. The molecule has 0 spiro atoms. The van der Waals surface area contributed by atoms with Gasteiger partial charge in [-0.15, -0.1) is 5.10 Å². The summed E-state index contributed by atoms with van der Waals surface area (Å²) in [5, 5.41) is 20.7. The highest BCUT2D eigenvalue weighted by atomic mass is 16.5. The summed E-state index contributed by atoms with van der Waals surface area (Å²) < 4.78 is 6.67. The van der Waals surface area contributed by atoms with Crippen molar-refractivity contribution in [2.24, 2.45) is 0 Å². The van der Waals surface area contributed by atoms with Crippen LogP contribution in [0.2, 0.25) is 0 Å². The molecule has 0 unspecified atom stereocenters. The lowest BCUT2D eigenvalue weighted by Crippen LogP contribution is -2.22. The van der Waals surface area contributed by atoms with Crippen LogP contribution in [0.4, 0.5) is 0 Å². The first-order chi connectivity index (χ1) is 9.82. The molecule has 0 amide bonds. The summed E-state index contributed by atoms with van der Waals surface area (Å²) in [6, 6.07) is 0. The fourth-order valence-electron chi connectivity index (χ4n) is 2.12. The van der Waals surface area contributed by atoms with E-state index in [2.05, 4.69) is 20.5 Å². The van der Waals surface area contributed by atoms with Crippen molar-refractivity contribution in [2.45, 2.75) is 52.5 Å². The molecule has 0 saturated carbocycles. The zero-order chi connectivity index (χ0) is 15.6. The Balaban J connectivity index is 2.33. The Labute approximate surface area is 122 Å². The normalized spacial score (nSPS) is 11.8. The van der Waals surface area contributed by atoms with E-state index in [0.717, 1.165) is 12.8 Å². The number of carbonyl (C=O) groups is 1. The van der Waals surface area contributed by atoms with Gasteiger partial charge < -0.3 is 9.63 Å². The summed E-state index contributed by atoms with van der Waals surface area (Å²) in [7, 11) is 0. The zero-order valence-corrected chi connectivity index (χ0v) is 12.6. The van der Waals surface area contributed by atoms with Crippen molar-refractivity contribution in [1.82, 2.24) is 25.1 Å². The van der Waals surface area contributed by atoms with Crippen molar-refractivity contribution in [3.63, 3.8) is 0 Å². The molecule has 0 aliphatic heterocycles. The molecule has 2 heterocycles. The molecule has 21 heavy (non-hydrogen) atoms. The lowest BCUT2D eigenvalue weighted by molar-refractivity contribution is 0.0687. The van der Waals surface area contributed by atoms with Gasteiger partial charge in [0, 0.05) is 11.8 Å². The molecule has 1 N–H and O–H groups in total. The minimum Gasteiger partial charge on any atom is -0.476 e. The van der Waals surface area contributed by atoms with Gasteiger partial charge in [-0.1, -0.05) is 38.1 Å². The van der Waals surface area contributed by atoms with Crippen LogP contribution < -0.4 is 0 Å². The maximum atomic E-state index is 11.3. The van der Waals surface area contributed by atoms with Crippen molar-refractivity contribution in [2.75, 3.05) is 0 Å². The summed E-state index contributed by atoms with van der Waals surface area (Å²) in [4.78, 5) is 15.5. The third kappa shape index (κ3) is 3.26. The van der Waals surface area contributed by atoms with Gasteiger partial charge in [-0.05, 0) is 6.42 Å². The molecule has 0 fully saturated rings. The first kappa shape index (κ1) is 15.1. The Bertz CT molecular complexity index is 639. The molecule has 8 heteroatoms. The second kappa shape index (κ2) is 5.63. The number of aromatic nitrogens is 5. The van der Waals surface area contributed by atoms with E-state index in [1.165, 1.54) is 4.68 Å². The van der Waals surface area contributed by atoms with E-state index in [1.54, 1.807) is 0 Å². The molecule has 0 radical (unpaired) electrons. The second-order valence-electron chi connectivity index (χ2n) is 5.85. The van der Waals surface area contributed by atoms with Crippen LogP contribution in [-0.2, 0) is 18.4 Å². The Morgan fingerprint density at radius 2 is 2.10 bits per heavy atom. The molecule has 2 rings (SSSR count). The minimum atomic E-state index is -1.09. The van der Waals surface area contributed by atoms with Crippen LogP contribution in [0, 0.1) is 0 Å². The molecule has 114 valence electrons. The number of aryl methyl sites for hydroxylation is 1. The first-order valence-electron chi connectivity index (χ1n) is 6.81. The van der Waals surface area contributed by atoms with Crippen LogP contribution in [0.25, 0.3) is 0 Å². The van der Waals surface area contributed by atoms with Crippen LogP contribution >= 0.6 is 0 Å². The highest BCUT2D eigenvalue weighted by Crippen LogP contribution is 2.25. The molecule has 0 aliphatic rings. The van der Waals surface area contributed by atoms with Crippen molar-refractivity contribution in [1.29, 1.82) is 0 Å². The molecule has 0 aliphatic carbocycles. The first-order valence-corrected chi connectivity index (χ1v) is 6.81. The summed E-state index contributed by atoms with van der Waals surface area (Å²) >= 11 is 0. The Hall–Kier alpha value is -2.25. The van der Waals surface area contributed by atoms with Crippen LogP contribution in [0.15, 0.2) is 4.52 Å². The van der Waals surface area contributed by atoms with E-state index in [9.17, 15) is 9.90 Å². The smallest absolute Gasteiger partial charge is 0.358 e. The predicted molar refractivity (Wildman–Crippen MR) is 73.1 cm³/mol. The third-order valence-electron chi connectivity index (χ3n) is 2.92. The van der Waals surface area contributed by atoms with Gasteiger partial charge in [0.1, 0.15) is 6.54 Å². The zero-order valence-electron chi connectivity index (χ0n) is 12.6. The highest BCUT2D eigenvalue weighted by Gasteiger charge is 2.29. The molecular formula is C13H19N5O3. The molecule has 2 aromatic rings. The Morgan fingerprint density at radius 3 is 2.67 bits per heavy atom. The van der Waals surface area contributed by atoms with Gasteiger partial charge in [-0.25, -0.2) is 9.48 Å². The second-order valence-corrected chi connectivity index (χ2v) is 5.85. The van der Waals surface area contributed by atoms with Crippen molar-refractivity contribution in [3.05, 3.63) is 23.1 Å². The number of hydrogen-bond acceptors (Lipinski definition) is 6. The maximum absolute atomic E-state index is 11.3. The van der Waals surface area contributed by atoms with Gasteiger partial charge in [0.25, 0.3) is 0 Å². The number of hydrogen-bond donors (Lipinski definition) is 1. The fourth-order valence-corrected chi connectivity index (χ4v) is 2.12. The van der Waals surface area contributed by atoms with E-state index in [-0.39, 0.29) is 12.2 Å². The summed E-state index contributed by atoms with van der Waals surface area (Å²) in [6.45, 7) is 7.97. The van der Waals surface area contributed by atoms with Crippen LogP contribution in [0.5, 0.6) is 0 Å². The van der Waals surface area contributed by atoms with Crippen molar-refractivity contribution < 1.29 is 14.4 Å². The summed E-state index contributed by atoms with van der Waals surface area (Å²) in [5.41, 5.74) is 0.0739. The van der Waals surface area contributed by atoms with E-state index < -0.39 is 11.4 Å². The SMILES string of the molecule is CCCc1noc(Cn2nnc(C(=O)O)c2C(C)(C)C)n1. The lowest BCUT2D eigenvalue weighted by atomic mass is 9.90. The van der Waals surface area contributed by atoms with Gasteiger partial charge >= 0.3 is 5.97 Å². The summed E-state index contributed by atoms with van der Waals surface area (Å²) in [5.74, 6) is -0.0578. The molecule has 8 nitrogen and oxygen atoms in total. The molecular weight excluding hydrogens is 274 g/mol. The number of carboxylic acid groups (broad SMARTS) is 1. The minimum absolute atomic E-state index is 0.0456. The summed E-state index contributed by atoms with van der Waals surface area (Å²) in [6.07, 6.45) is 1.67. The van der Waals surface area contributed by atoms with E-state index >= 15 is 0 Å². The monoisotopic (exact) mass is 293 g/mol. The molecule has 2 aromatic heterocycles. The van der Waals surface area contributed by atoms with E-state index in [4.69, 9.17) is 4.52 Å². The predicted octanol–water partition coefficient (Wildman–Crippen LogP) is 1.66. The molecule has 0 bridgehead atoms. The maximum Gasteiger partial charge on any atom is 0.358 e. The van der Waals surface area contributed by atoms with Crippen molar-refractivity contribution in [3.8, 4) is 0 Å². The lowest BCUT2D eigenvalue weighted by Gasteiger charge is -2.19. The molecule has 0 aromatic carbocycles. The van der Waals surface area contributed by atoms with E-state index in [1.807, 2.05) is 27.7 Å². The average molecular weight is 293 g/mol. The standard InChI is InChI=1S/C13H19N5O3/c1-5-6-8-14-9(21-16-8)7-18-11(13(2,3)4)10(12(19)20)15-17-18/h5-7H2,1-4H3,(H,19,20).